The SMILES string of the molecule is COCCCN(C)c1ccc(CNCC(C)C)cn1. The Morgan fingerprint density at radius 1 is 1.37 bits per heavy atom. The monoisotopic (exact) mass is 265 g/mol. The lowest BCUT2D eigenvalue weighted by Gasteiger charge is -2.18. The maximum absolute atomic E-state index is 5.06. The summed E-state index contributed by atoms with van der Waals surface area (Å²) < 4.78 is 5.06. The Morgan fingerprint density at radius 2 is 2.16 bits per heavy atom. The van der Waals surface area contributed by atoms with Gasteiger partial charge in [-0.25, -0.2) is 4.98 Å². The number of nitrogens with zero attached hydrogens (tertiary/aromatic N) is 2. The fourth-order valence-corrected chi connectivity index (χ4v) is 1.81. The van der Waals surface area contributed by atoms with E-state index in [1.54, 1.807) is 7.11 Å². The van der Waals surface area contributed by atoms with Crippen molar-refractivity contribution in [2.45, 2.75) is 26.8 Å². The molecule has 0 bridgehead atoms. The number of hydrogen-bond donors (Lipinski definition) is 1. The van der Waals surface area contributed by atoms with E-state index in [2.05, 4.69) is 48.2 Å². The topological polar surface area (TPSA) is 37.4 Å². The maximum Gasteiger partial charge on any atom is 0.128 e. The highest BCUT2D eigenvalue weighted by molar-refractivity contribution is 5.38. The van der Waals surface area contributed by atoms with Crippen LogP contribution in [0.25, 0.3) is 0 Å². The molecule has 1 heterocycles. The van der Waals surface area contributed by atoms with Gasteiger partial charge in [-0.2, -0.15) is 0 Å². The predicted molar refractivity (Wildman–Crippen MR) is 80.5 cm³/mol. The van der Waals surface area contributed by atoms with Gasteiger partial charge < -0.3 is 15.0 Å². The van der Waals surface area contributed by atoms with Gasteiger partial charge in [-0.15, -0.1) is 0 Å². The molecule has 0 amide bonds. The molecule has 0 atom stereocenters. The average Bonchev–Trinajstić information content (AvgIpc) is 2.39. The standard InChI is InChI=1S/C15H27N3O/c1-13(2)10-16-11-14-6-7-15(17-12-14)18(3)8-5-9-19-4/h6-7,12-13,16H,5,8-11H2,1-4H3. The minimum atomic E-state index is 0.680. The summed E-state index contributed by atoms with van der Waals surface area (Å²) in [7, 11) is 3.80. The molecule has 0 saturated carbocycles. The van der Waals surface area contributed by atoms with Crippen LogP contribution in [-0.2, 0) is 11.3 Å². The lowest BCUT2D eigenvalue weighted by molar-refractivity contribution is 0.196. The summed E-state index contributed by atoms with van der Waals surface area (Å²) in [6, 6.07) is 4.22. The van der Waals surface area contributed by atoms with Crippen LogP contribution in [0.4, 0.5) is 5.82 Å². The van der Waals surface area contributed by atoms with E-state index in [0.717, 1.165) is 38.5 Å². The first-order valence-electron chi connectivity index (χ1n) is 6.99. The van der Waals surface area contributed by atoms with E-state index in [1.807, 2.05) is 6.20 Å². The zero-order valence-electron chi connectivity index (χ0n) is 12.6. The van der Waals surface area contributed by atoms with Gasteiger partial charge in [-0.1, -0.05) is 19.9 Å². The molecule has 0 unspecified atom stereocenters. The molecular formula is C15H27N3O. The predicted octanol–water partition coefficient (Wildman–Crippen LogP) is 2.30. The Bertz CT molecular complexity index is 338. The summed E-state index contributed by atoms with van der Waals surface area (Å²) in [5.41, 5.74) is 1.23. The largest absolute Gasteiger partial charge is 0.385 e. The molecule has 0 aliphatic carbocycles. The highest BCUT2D eigenvalue weighted by Gasteiger charge is 2.02. The number of pyridine rings is 1. The molecule has 19 heavy (non-hydrogen) atoms. The van der Waals surface area contributed by atoms with Gasteiger partial charge in [-0.05, 0) is 30.5 Å². The Hall–Kier alpha value is -1.13. The first-order valence-corrected chi connectivity index (χ1v) is 6.99. The van der Waals surface area contributed by atoms with Crippen LogP contribution in [0.1, 0.15) is 25.8 Å². The minimum Gasteiger partial charge on any atom is -0.385 e. The van der Waals surface area contributed by atoms with E-state index >= 15 is 0 Å². The van der Waals surface area contributed by atoms with Crippen molar-refractivity contribution in [2.75, 3.05) is 38.8 Å². The average molecular weight is 265 g/mol. The van der Waals surface area contributed by atoms with E-state index < -0.39 is 0 Å². The molecule has 0 spiro atoms. The Labute approximate surface area is 117 Å². The van der Waals surface area contributed by atoms with Gasteiger partial charge in [0.15, 0.2) is 0 Å². The van der Waals surface area contributed by atoms with Crippen LogP contribution < -0.4 is 10.2 Å². The minimum absolute atomic E-state index is 0.680. The van der Waals surface area contributed by atoms with Gasteiger partial charge in [0.2, 0.25) is 0 Å². The van der Waals surface area contributed by atoms with Crippen LogP contribution in [0.5, 0.6) is 0 Å². The van der Waals surface area contributed by atoms with Crippen LogP contribution in [0.2, 0.25) is 0 Å². The van der Waals surface area contributed by atoms with Crippen molar-refractivity contribution in [2.24, 2.45) is 5.92 Å². The van der Waals surface area contributed by atoms with Crippen molar-refractivity contribution in [1.82, 2.24) is 10.3 Å². The van der Waals surface area contributed by atoms with Gasteiger partial charge in [0.05, 0.1) is 0 Å². The van der Waals surface area contributed by atoms with Crippen molar-refractivity contribution < 1.29 is 4.74 Å². The number of rotatable bonds is 9. The molecule has 0 aliphatic rings. The quantitative estimate of drug-likeness (QED) is 0.695. The number of methoxy groups -OCH3 is 1. The van der Waals surface area contributed by atoms with E-state index in [-0.39, 0.29) is 0 Å². The molecule has 0 fully saturated rings. The Kier molecular flexibility index (Phi) is 7.45. The van der Waals surface area contributed by atoms with Crippen molar-refractivity contribution in [3.05, 3.63) is 23.9 Å². The smallest absolute Gasteiger partial charge is 0.128 e. The molecule has 1 aromatic heterocycles. The zero-order chi connectivity index (χ0) is 14.1. The number of aromatic nitrogens is 1. The molecule has 0 saturated heterocycles. The molecule has 4 heteroatoms. The van der Waals surface area contributed by atoms with Gasteiger partial charge >= 0.3 is 0 Å². The summed E-state index contributed by atoms with van der Waals surface area (Å²) in [6.45, 7) is 8.11. The first kappa shape index (κ1) is 15.9. The Morgan fingerprint density at radius 3 is 2.74 bits per heavy atom. The normalized spacial score (nSPS) is 11.0. The number of ether oxygens (including phenoxy) is 1. The third kappa shape index (κ3) is 6.55. The molecule has 0 aliphatic heterocycles. The second-order valence-corrected chi connectivity index (χ2v) is 5.32. The molecule has 4 nitrogen and oxygen atoms in total. The van der Waals surface area contributed by atoms with Crippen molar-refractivity contribution in [3.63, 3.8) is 0 Å². The molecule has 1 rings (SSSR count). The fourth-order valence-electron chi connectivity index (χ4n) is 1.81. The number of nitrogens with one attached hydrogen (secondary N) is 1. The Balaban J connectivity index is 2.37. The van der Waals surface area contributed by atoms with Crippen LogP contribution >= 0.6 is 0 Å². The molecule has 0 aromatic carbocycles. The van der Waals surface area contributed by atoms with Crippen LogP contribution in [0.15, 0.2) is 18.3 Å². The summed E-state index contributed by atoms with van der Waals surface area (Å²) in [5, 5.41) is 3.42. The maximum atomic E-state index is 5.06. The second-order valence-electron chi connectivity index (χ2n) is 5.32. The fraction of sp³-hybridized carbons (Fsp3) is 0.667. The van der Waals surface area contributed by atoms with Gasteiger partial charge in [0, 0.05) is 40.1 Å². The summed E-state index contributed by atoms with van der Waals surface area (Å²) in [5.74, 6) is 1.70. The van der Waals surface area contributed by atoms with E-state index in [4.69, 9.17) is 4.74 Å². The second kappa shape index (κ2) is 8.88. The first-order chi connectivity index (χ1) is 9.13. The van der Waals surface area contributed by atoms with Gasteiger partial charge in [0.1, 0.15) is 5.82 Å². The highest BCUT2D eigenvalue weighted by atomic mass is 16.5. The van der Waals surface area contributed by atoms with Crippen LogP contribution in [0, 0.1) is 5.92 Å². The van der Waals surface area contributed by atoms with Gasteiger partial charge in [0.25, 0.3) is 0 Å². The lowest BCUT2D eigenvalue weighted by atomic mass is 10.2. The summed E-state index contributed by atoms with van der Waals surface area (Å²) in [6.07, 6.45) is 2.97. The molecule has 108 valence electrons. The van der Waals surface area contributed by atoms with Gasteiger partial charge in [-0.3, -0.25) is 0 Å². The van der Waals surface area contributed by atoms with E-state index in [0.29, 0.717) is 5.92 Å². The molecule has 1 aromatic rings. The van der Waals surface area contributed by atoms with Crippen molar-refractivity contribution >= 4 is 5.82 Å². The third-order valence-electron chi connectivity index (χ3n) is 2.92. The third-order valence-corrected chi connectivity index (χ3v) is 2.92. The van der Waals surface area contributed by atoms with Crippen molar-refractivity contribution in [3.8, 4) is 0 Å². The van der Waals surface area contributed by atoms with E-state index in [1.165, 1.54) is 5.56 Å². The highest BCUT2D eigenvalue weighted by Crippen LogP contribution is 2.10. The summed E-state index contributed by atoms with van der Waals surface area (Å²) >= 11 is 0. The lowest BCUT2D eigenvalue weighted by Crippen LogP contribution is -2.21. The number of hydrogen-bond acceptors (Lipinski definition) is 4. The summed E-state index contributed by atoms with van der Waals surface area (Å²) in [4.78, 5) is 6.66. The molecular weight excluding hydrogens is 238 g/mol. The zero-order valence-corrected chi connectivity index (χ0v) is 12.6. The van der Waals surface area contributed by atoms with E-state index in [9.17, 15) is 0 Å². The molecule has 1 N–H and O–H groups in total. The number of anilines is 1. The molecule has 0 radical (unpaired) electrons. The van der Waals surface area contributed by atoms with Crippen molar-refractivity contribution in [1.29, 1.82) is 0 Å². The van der Waals surface area contributed by atoms with Crippen LogP contribution in [0.3, 0.4) is 0 Å². The van der Waals surface area contributed by atoms with Crippen LogP contribution in [-0.4, -0.2) is 38.8 Å².